The fourth-order valence-electron chi connectivity index (χ4n) is 1.60. The number of halogens is 1. The third-order valence-corrected chi connectivity index (χ3v) is 3.25. The molecule has 0 aliphatic heterocycles. The van der Waals surface area contributed by atoms with E-state index in [-0.39, 0.29) is 17.9 Å². The van der Waals surface area contributed by atoms with Gasteiger partial charge in [-0.15, -0.1) is 0 Å². The van der Waals surface area contributed by atoms with Gasteiger partial charge in [0.15, 0.2) is 5.78 Å². The molecule has 0 saturated carbocycles. The van der Waals surface area contributed by atoms with Crippen LogP contribution in [0.25, 0.3) is 0 Å². The summed E-state index contributed by atoms with van der Waals surface area (Å²) < 4.78 is 1.83. The van der Waals surface area contributed by atoms with Gasteiger partial charge in [0.05, 0.1) is 16.4 Å². The lowest BCUT2D eigenvalue weighted by molar-refractivity contribution is 0.0970. The van der Waals surface area contributed by atoms with Crippen LogP contribution in [0, 0.1) is 10.5 Å². The second kappa shape index (κ2) is 5.43. The molecule has 0 bridgehead atoms. The van der Waals surface area contributed by atoms with Crippen molar-refractivity contribution in [2.45, 2.75) is 13.5 Å². The Morgan fingerprint density at radius 1 is 1.44 bits per heavy atom. The minimum atomic E-state index is -0.188. The SMILES string of the molecule is Cc1cccc(C(=O)Cn2cncc(I)c2=O)c1. The molecule has 2 rings (SSSR count). The Balaban J connectivity index is 2.27. The topological polar surface area (TPSA) is 52.0 Å². The molecule has 0 N–H and O–H groups in total. The van der Waals surface area contributed by atoms with Crippen LogP contribution in [0.1, 0.15) is 15.9 Å². The summed E-state index contributed by atoms with van der Waals surface area (Å²) in [6, 6.07) is 7.32. The molecule has 5 heteroatoms. The van der Waals surface area contributed by atoms with Crippen LogP contribution in [-0.2, 0) is 6.54 Å². The molecule has 0 radical (unpaired) electrons. The maximum absolute atomic E-state index is 12.0. The number of nitrogens with zero attached hydrogens (tertiary/aromatic N) is 2. The van der Waals surface area contributed by atoms with E-state index < -0.39 is 0 Å². The lowest BCUT2D eigenvalue weighted by atomic mass is 10.1. The zero-order chi connectivity index (χ0) is 13.1. The lowest BCUT2D eigenvalue weighted by Gasteiger charge is -2.05. The zero-order valence-corrected chi connectivity index (χ0v) is 11.9. The Morgan fingerprint density at radius 3 is 2.94 bits per heavy atom. The van der Waals surface area contributed by atoms with Crippen molar-refractivity contribution in [2.75, 3.05) is 0 Å². The summed E-state index contributed by atoms with van der Waals surface area (Å²) in [5, 5.41) is 0. The number of aryl methyl sites for hydroxylation is 1. The van der Waals surface area contributed by atoms with Gasteiger partial charge in [0.1, 0.15) is 0 Å². The largest absolute Gasteiger partial charge is 0.292 e. The summed E-state index contributed by atoms with van der Waals surface area (Å²) >= 11 is 1.91. The highest BCUT2D eigenvalue weighted by molar-refractivity contribution is 14.1. The van der Waals surface area contributed by atoms with Gasteiger partial charge in [0.2, 0.25) is 0 Å². The predicted molar refractivity (Wildman–Crippen MR) is 76.7 cm³/mol. The molecule has 0 spiro atoms. The third-order valence-electron chi connectivity index (χ3n) is 2.51. The van der Waals surface area contributed by atoms with Gasteiger partial charge in [-0.05, 0) is 35.6 Å². The van der Waals surface area contributed by atoms with Gasteiger partial charge in [0.25, 0.3) is 5.56 Å². The van der Waals surface area contributed by atoms with Crippen LogP contribution in [0.5, 0.6) is 0 Å². The van der Waals surface area contributed by atoms with E-state index in [1.165, 1.54) is 17.1 Å². The van der Waals surface area contributed by atoms with Crippen LogP contribution >= 0.6 is 22.6 Å². The molecule has 0 aliphatic carbocycles. The molecule has 1 aromatic carbocycles. The fourth-order valence-corrected chi connectivity index (χ4v) is 2.07. The minimum Gasteiger partial charge on any atom is -0.292 e. The zero-order valence-electron chi connectivity index (χ0n) is 9.76. The van der Waals surface area contributed by atoms with Crippen molar-refractivity contribution >= 4 is 28.4 Å². The van der Waals surface area contributed by atoms with Crippen molar-refractivity contribution in [1.29, 1.82) is 0 Å². The Kier molecular flexibility index (Phi) is 3.90. The molecule has 92 valence electrons. The Morgan fingerprint density at radius 2 is 2.22 bits per heavy atom. The first kappa shape index (κ1) is 12.9. The first-order valence-electron chi connectivity index (χ1n) is 5.38. The summed E-state index contributed by atoms with van der Waals surface area (Å²) in [5.41, 5.74) is 1.45. The Bertz CT molecular complexity index is 649. The smallest absolute Gasteiger partial charge is 0.267 e. The third kappa shape index (κ3) is 2.84. The van der Waals surface area contributed by atoms with Gasteiger partial charge in [-0.3, -0.25) is 14.2 Å². The number of carbonyl (C=O) groups excluding carboxylic acids is 1. The van der Waals surface area contributed by atoms with Gasteiger partial charge in [-0.2, -0.15) is 0 Å². The number of hydrogen-bond acceptors (Lipinski definition) is 3. The number of aromatic nitrogens is 2. The average molecular weight is 354 g/mol. The van der Waals surface area contributed by atoms with Gasteiger partial charge in [0, 0.05) is 11.8 Å². The molecule has 0 atom stereocenters. The number of rotatable bonds is 3. The highest BCUT2D eigenvalue weighted by Gasteiger charge is 2.09. The number of hydrogen-bond donors (Lipinski definition) is 0. The summed E-state index contributed by atoms with van der Waals surface area (Å²) in [6.45, 7) is 1.95. The average Bonchev–Trinajstić information content (AvgIpc) is 2.35. The van der Waals surface area contributed by atoms with Crippen LogP contribution in [0.3, 0.4) is 0 Å². The minimum absolute atomic E-state index is 0.0200. The molecule has 0 unspecified atom stereocenters. The van der Waals surface area contributed by atoms with Gasteiger partial charge in [-0.25, -0.2) is 4.98 Å². The van der Waals surface area contributed by atoms with E-state index >= 15 is 0 Å². The highest BCUT2D eigenvalue weighted by Crippen LogP contribution is 2.06. The van der Waals surface area contributed by atoms with Gasteiger partial charge >= 0.3 is 0 Å². The highest BCUT2D eigenvalue weighted by atomic mass is 127. The normalized spacial score (nSPS) is 10.3. The van der Waals surface area contributed by atoms with Crippen molar-refractivity contribution in [2.24, 2.45) is 0 Å². The predicted octanol–water partition coefficient (Wildman–Crippen LogP) is 2.04. The Labute approximate surface area is 118 Å². The number of Topliss-reactive ketones (excluding diaryl/α,β-unsaturated/α-hetero) is 1. The van der Waals surface area contributed by atoms with Gasteiger partial charge < -0.3 is 0 Å². The summed E-state index contributed by atoms with van der Waals surface area (Å²) in [4.78, 5) is 27.7. The quantitative estimate of drug-likeness (QED) is 0.626. The molecule has 0 saturated heterocycles. The van der Waals surface area contributed by atoms with Crippen LogP contribution in [0.2, 0.25) is 0 Å². The molecule has 0 amide bonds. The van der Waals surface area contributed by atoms with Crippen LogP contribution in [0.15, 0.2) is 41.6 Å². The lowest BCUT2D eigenvalue weighted by Crippen LogP contribution is -2.26. The Hall–Kier alpha value is -1.50. The number of carbonyl (C=O) groups is 1. The van der Waals surface area contributed by atoms with Crippen molar-refractivity contribution in [3.8, 4) is 0 Å². The van der Waals surface area contributed by atoms with Crippen LogP contribution in [0.4, 0.5) is 0 Å². The fraction of sp³-hybridized carbons (Fsp3) is 0.154. The molecule has 1 heterocycles. The second-order valence-electron chi connectivity index (χ2n) is 3.97. The molecular weight excluding hydrogens is 343 g/mol. The first-order valence-corrected chi connectivity index (χ1v) is 6.45. The standard InChI is InChI=1S/C13H11IN2O2/c1-9-3-2-4-10(5-9)12(17)7-16-8-15-6-11(14)13(16)18/h2-6,8H,7H2,1H3. The van der Waals surface area contributed by atoms with Crippen molar-refractivity contribution in [1.82, 2.24) is 9.55 Å². The molecule has 18 heavy (non-hydrogen) atoms. The van der Waals surface area contributed by atoms with Crippen molar-refractivity contribution in [3.05, 3.63) is 61.8 Å². The van der Waals surface area contributed by atoms with E-state index in [1.807, 2.05) is 47.7 Å². The number of ketones is 1. The van der Waals surface area contributed by atoms with E-state index in [0.717, 1.165) is 5.56 Å². The summed E-state index contributed by atoms with van der Waals surface area (Å²) in [6.07, 6.45) is 2.87. The molecule has 0 aliphatic rings. The monoisotopic (exact) mass is 354 g/mol. The summed E-state index contributed by atoms with van der Waals surface area (Å²) in [5.74, 6) is -0.0930. The molecule has 2 aromatic rings. The first-order chi connectivity index (χ1) is 8.58. The van der Waals surface area contributed by atoms with Crippen LogP contribution < -0.4 is 5.56 Å². The van der Waals surface area contributed by atoms with Gasteiger partial charge in [-0.1, -0.05) is 23.8 Å². The van der Waals surface area contributed by atoms with Crippen molar-refractivity contribution in [3.63, 3.8) is 0 Å². The maximum atomic E-state index is 12.0. The maximum Gasteiger partial charge on any atom is 0.267 e. The van der Waals surface area contributed by atoms with E-state index in [0.29, 0.717) is 9.13 Å². The van der Waals surface area contributed by atoms with E-state index in [9.17, 15) is 9.59 Å². The number of benzene rings is 1. The molecule has 1 aromatic heterocycles. The van der Waals surface area contributed by atoms with Crippen molar-refractivity contribution < 1.29 is 4.79 Å². The summed E-state index contributed by atoms with van der Waals surface area (Å²) in [7, 11) is 0. The molecule has 0 fully saturated rings. The molecular formula is C13H11IN2O2. The second-order valence-corrected chi connectivity index (χ2v) is 5.13. The van der Waals surface area contributed by atoms with E-state index in [2.05, 4.69) is 4.98 Å². The van der Waals surface area contributed by atoms with E-state index in [4.69, 9.17) is 0 Å². The van der Waals surface area contributed by atoms with Crippen LogP contribution in [-0.4, -0.2) is 15.3 Å². The van der Waals surface area contributed by atoms with E-state index in [1.54, 1.807) is 6.07 Å². The molecule has 4 nitrogen and oxygen atoms in total.